The van der Waals surface area contributed by atoms with Crippen molar-refractivity contribution in [1.29, 1.82) is 0 Å². The van der Waals surface area contributed by atoms with Gasteiger partial charge in [0.15, 0.2) is 0 Å². The van der Waals surface area contributed by atoms with E-state index in [1.807, 2.05) is 0 Å². The van der Waals surface area contributed by atoms with E-state index >= 15 is 0 Å². The van der Waals surface area contributed by atoms with Crippen LogP contribution in [0.25, 0.3) is 0 Å². The molecule has 0 spiro atoms. The van der Waals surface area contributed by atoms with Crippen molar-refractivity contribution in [3.8, 4) is 0 Å². The number of hydrogen-bond acceptors (Lipinski definition) is 3. The van der Waals surface area contributed by atoms with Gasteiger partial charge < -0.3 is 15.7 Å². The van der Waals surface area contributed by atoms with E-state index in [4.69, 9.17) is 10.8 Å². The molecule has 0 unspecified atom stereocenters. The lowest BCUT2D eigenvalue weighted by atomic mass is 9.95. The molecule has 0 aromatic heterocycles. The zero-order valence-corrected chi connectivity index (χ0v) is 10.7. The number of para-hydroxylation sites is 1. The minimum atomic E-state index is -4.19. The number of benzene rings is 1. The average molecular weight is 288 g/mol. The number of rotatable bonds is 2. The van der Waals surface area contributed by atoms with Gasteiger partial charge in [0.1, 0.15) is 0 Å². The van der Waals surface area contributed by atoms with Gasteiger partial charge in [-0.25, -0.2) is 4.79 Å². The van der Waals surface area contributed by atoms with Crippen LogP contribution >= 0.6 is 0 Å². The highest BCUT2D eigenvalue weighted by Gasteiger charge is 2.41. The Morgan fingerprint density at radius 1 is 1.30 bits per heavy atom. The summed E-state index contributed by atoms with van der Waals surface area (Å²) in [5.74, 6) is -2.46. The number of hydrogen-bond donors (Lipinski definition) is 2. The van der Waals surface area contributed by atoms with E-state index in [1.54, 1.807) is 11.0 Å². The topological polar surface area (TPSA) is 66.6 Å². The molecule has 20 heavy (non-hydrogen) atoms. The Kier molecular flexibility index (Phi) is 3.78. The lowest BCUT2D eigenvalue weighted by molar-refractivity contribution is -0.179. The quantitative estimate of drug-likeness (QED) is 0.821. The van der Waals surface area contributed by atoms with Crippen molar-refractivity contribution in [3.63, 3.8) is 0 Å². The molecular weight excluding hydrogens is 273 g/mol. The summed E-state index contributed by atoms with van der Waals surface area (Å²) >= 11 is 0. The van der Waals surface area contributed by atoms with Crippen LogP contribution in [0.3, 0.4) is 0 Å². The third kappa shape index (κ3) is 2.81. The van der Waals surface area contributed by atoms with Gasteiger partial charge in [-0.05, 0) is 25.0 Å². The van der Waals surface area contributed by atoms with Crippen LogP contribution in [0.15, 0.2) is 18.2 Å². The zero-order valence-electron chi connectivity index (χ0n) is 10.7. The van der Waals surface area contributed by atoms with E-state index in [1.165, 1.54) is 12.1 Å². The van der Waals surface area contributed by atoms with Crippen molar-refractivity contribution < 1.29 is 23.1 Å². The molecule has 0 bridgehead atoms. The molecule has 0 radical (unpaired) electrons. The van der Waals surface area contributed by atoms with Crippen molar-refractivity contribution in [2.24, 2.45) is 5.92 Å². The Labute approximate surface area is 114 Å². The second-order valence-corrected chi connectivity index (χ2v) is 4.85. The number of carboxylic acids is 1. The van der Waals surface area contributed by atoms with E-state index in [-0.39, 0.29) is 37.2 Å². The Morgan fingerprint density at radius 3 is 2.40 bits per heavy atom. The van der Waals surface area contributed by atoms with Crippen LogP contribution in [0.1, 0.15) is 23.2 Å². The SMILES string of the molecule is Nc1cccc(C(=O)O)c1N1CCC(C(F)(F)F)CC1. The van der Waals surface area contributed by atoms with E-state index in [0.717, 1.165) is 0 Å². The molecule has 7 heteroatoms. The number of nitrogens with zero attached hydrogens (tertiary/aromatic N) is 1. The first kappa shape index (κ1) is 14.5. The molecule has 2 rings (SSSR count). The first-order valence-corrected chi connectivity index (χ1v) is 6.24. The molecule has 1 aromatic carbocycles. The first-order valence-electron chi connectivity index (χ1n) is 6.24. The molecule has 0 saturated carbocycles. The number of nitrogens with two attached hydrogens (primary N) is 1. The number of aromatic carboxylic acids is 1. The molecule has 110 valence electrons. The largest absolute Gasteiger partial charge is 0.478 e. The number of carbonyl (C=O) groups is 1. The molecule has 0 amide bonds. The normalized spacial score (nSPS) is 17.2. The van der Waals surface area contributed by atoms with Gasteiger partial charge in [-0.3, -0.25) is 0 Å². The summed E-state index contributed by atoms with van der Waals surface area (Å²) in [5, 5.41) is 9.14. The number of nitrogen functional groups attached to an aromatic ring is 1. The Bertz CT molecular complexity index is 509. The Hall–Kier alpha value is -1.92. The van der Waals surface area contributed by atoms with Gasteiger partial charge in [-0.2, -0.15) is 13.2 Å². The van der Waals surface area contributed by atoms with Gasteiger partial charge in [-0.15, -0.1) is 0 Å². The maximum Gasteiger partial charge on any atom is 0.391 e. The van der Waals surface area contributed by atoms with Gasteiger partial charge in [0, 0.05) is 13.1 Å². The van der Waals surface area contributed by atoms with Gasteiger partial charge in [-0.1, -0.05) is 6.07 Å². The van der Waals surface area contributed by atoms with Crippen LogP contribution in [0.2, 0.25) is 0 Å². The monoisotopic (exact) mass is 288 g/mol. The number of carboxylic acid groups (broad SMARTS) is 1. The molecule has 3 N–H and O–H groups in total. The lowest BCUT2D eigenvalue weighted by Gasteiger charge is -2.35. The third-order valence-corrected chi connectivity index (χ3v) is 3.57. The Morgan fingerprint density at radius 2 is 1.90 bits per heavy atom. The fourth-order valence-corrected chi connectivity index (χ4v) is 2.52. The fourth-order valence-electron chi connectivity index (χ4n) is 2.52. The standard InChI is InChI=1S/C13H15F3N2O2/c14-13(15,16)8-4-6-18(7-5-8)11-9(12(19)20)2-1-3-10(11)17/h1-3,8H,4-7,17H2,(H,19,20). The van der Waals surface area contributed by atoms with Crippen LogP contribution in [0, 0.1) is 5.92 Å². The third-order valence-electron chi connectivity index (χ3n) is 3.57. The minimum Gasteiger partial charge on any atom is -0.478 e. The number of piperidine rings is 1. The van der Waals surface area contributed by atoms with E-state index in [0.29, 0.717) is 5.69 Å². The second kappa shape index (κ2) is 5.22. The molecule has 1 heterocycles. The van der Waals surface area contributed by atoms with Crippen LogP contribution in [0.4, 0.5) is 24.5 Å². The molecule has 0 aliphatic carbocycles. The minimum absolute atomic E-state index is 0.0236. The maximum atomic E-state index is 12.6. The molecule has 4 nitrogen and oxygen atoms in total. The molecule has 1 saturated heterocycles. The first-order chi connectivity index (χ1) is 9.30. The van der Waals surface area contributed by atoms with Crippen LogP contribution < -0.4 is 10.6 Å². The number of alkyl halides is 3. The van der Waals surface area contributed by atoms with Crippen molar-refractivity contribution >= 4 is 17.3 Å². The summed E-state index contributed by atoms with van der Waals surface area (Å²) in [5.41, 5.74) is 6.40. The van der Waals surface area contributed by atoms with Gasteiger partial charge in [0.25, 0.3) is 0 Å². The lowest BCUT2D eigenvalue weighted by Crippen LogP contribution is -2.39. The van der Waals surface area contributed by atoms with Crippen LogP contribution in [0.5, 0.6) is 0 Å². The predicted octanol–water partition coefficient (Wildman–Crippen LogP) is 2.75. The molecule has 0 atom stereocenters. The molecule has 1 fully saturated rings. The average Bonchev–Trinajstić information content (AvgIpc) is 2.37. The number of halogens is 3. The highest BCUT2D eigenvalue weighted by molar-refractivity contribution is 5.98. The van der Waals surface area contributed by atoms with E-state index in [9.17, 15) is 18.0 Å². The molecule has 1 aliphatic rings. The Balaban J connectivity index is 2.21. The molecule has 1 aliphatic heterocycles. The second-order valence-electron chi connectivity index (χ2n) is 4.85. The summed E-state index contributed by atoms with van der Waals surface area (Å²) in [7, 11) is 0. The summed E-state index contributed by atoms with van der Waals surface area (Å²) < 4.78 is 37.9. The van der Waals surface area contributed by atoms with Crippen LogP contribution in [-0.2, 0) is 0 Å². The van der Waals surface area contributed by atoms with E-state index < -0.39 is 18.1 Å². The highest BCUT2D eigenvalue weighted by Crippen LogP contribution is 2.37. The molecular formula is C13H15F3N2O2. The van der Waals surface area contributed by atoms with Gasteiger partial charge in [0.2, 0.25) is 0 Å². The van der Waals surface area contributed by atoms with Crippen molar-refractivity contribution in [1.82, 2.24) is 0 Å². The predicted molar refractivity (Wildman–Crippen MR) is 68.8 cm³/mol. The van der Waals surface area contributed by atoms with Crippen molar-refractivity contribution in [2.45, 2.75) is 19.0 Å². The smallest absolute Gasteiger partial charge is 0.391 e. The molecule has 1 aromatic rings. The van der Waals surface area contributed by atoms with Gasteiger partial charge >= 0.3 is 12.1 Å². The maximum absolute atomic E-state index is 12.6. The fraction of sp³-hybridized carbons (Fsp3) is 0.462. The summed E-state index contributed by atoms with van der Waals surface area (Å²) in [6.45, 7) is 0.303. The van der Waals surface area contributed by atoms with E-state index in [2.05, 4.69) is 0 Å². The summed E-state index contributed by atoms with van der Waals surface area (Å²) in [4.78, 5) is 12.8. The van der Waals surface area contributed by atoms with Gasteiger partial charge in [0.05, 0.1) is 22.9 Å². The summed E-state index contributed by atoms with van der Waals surface area (Å²) in [6.07, 6.45) is -4.28. The van der Waals surface area contributed by atoms with Crippen molar-refractivity contribution in [2.75, 3.05) is 23.7 Å². The number of anilines is 2. The van der Waals surface area contributed by atoms with Crippen molar-refractivity contribution in [3.05, 3.63) is 23.8 Å². The summed E-state index contributed by atoms with van der Waals surface area (Å²) in [6, 6.07) is 4.48. The zero-order chi connectivity index (χ0) is 14.9. The van der Waals surface area contributed by atoms with Crippen LogP contribution in [-0.4, -0.2) is 30.3 Å². The highest BCUT2D eigenvalue weighted by atomic mass is 19.4.